The van der Waals surface area contributed by atoms with Crippen LogP contribution >= 0.6 is 0 Å². The molecule has 2 saturated heterocycles. The number of methoxy groups -OCH3 is 2. The molecule has 0 radical (unpaired) electrons. The maximum atomic E-state index is 6.12. The molecular formula is C15H18O4. The fourth-order valence-electron chi connectivity index (χ4n) is 3.97. The Balaban J connectivity index is 1.96. The van der Waals surface area contributed by atoms with Crippen molar-refractivity contribution in [2.75, 3.05) is 27.4 Å². The van der Waals surface area contributed by atoms with Crippen LogP contribution < -0.4 is 9.47 Å². The van der Waals surface area contributed by atoms with Crippen molar-refractivity contribution >= 4 is 0 Å². The lowest BCUT2D eigenvalue weighted by Gasteiger charge is -2.35. The van der Waals surface area contributed by atoms with Crippen LogP contribution in [0.1, 0.15) is 24.2 Å². The first-order valence-corrected chi connectivity index (χ1v) is 6.71. The van der Waals surface area contributed by atoms with Crippen LogP contribution in [-0.4, -0.2) is 27.4 Å². The molecule has 3 aliphatic rings. The van der Waals surface area contributed by atoms with E-state index in [1.165, 1.54) is 11.1 Å². The van der Waals surface area contributed by atoms with Gasteiger partial charge in [0.05, 0.1) is 39.1 Å². The lowest BCUT2D eigenvalue weighted by Crippen LogP contribution is -2.35. The summed E-state index contributed by atoms with van der Waals surface area (Å²) in [6, 6.07) is 4.12. The lowest BCUT2D eigenvalue weighted by molar-refractivity contribution is -0.0284. The quantitative estimate of drug-likeness (QED) is 0.819. The topological polar surface area (TPSA) is 36.9 Å². The first-order valence-electron chi connectivity index (χ1n) is 6.71. The molecule has 0 amide bonds. The van der Waals surface area contributed by atoms with E-state index in [-0.39, 0.29) is 11.7 Å². The molecule has 2 unspecified atom stereocenters. The molecular weight excluding hydrogens is 244 g/mol. The van der Waals surface area contributed by atoms with Crippen molar-refractivity contribution in [2.24, 2.45) is 11.8 Å². The summed E-state index contributed by atoms with van der Waals surface area (Å²) in [5.74, 6) is 2.47. The van der Waals surface area contributed by atoms with Crippen LogP contribution in [0.25, 0.3) is 0 Å². The largest absolute Gasteiger partial charge is 0.493 e. The average molecular weight is 262 g/mol. The summed E-state index contributed by atoms with van der Waals surface area (Å²) in [5.41, 5.74) is 2.16. The normalized spacial score (nSPS) is 38.2. The van der Waals surface area contributed by atoms with Crippen LogP contribution in [-0.2, 0) is 15.1 Å². The SMILES string of the molecule is COc1cc2c(cc1OC)C1(C)OC[C@@H]3C2OC[C@@H]31. The molecule has 1 aliphatic carbocycles. The second-order valence-electron chi connectivity index (χ2n) is 5.74. The van der Waals surface area contributed by atoms with Gasteiger partial charge in [-0.1, -0.05) is 0 Å². The summed E-state index contributed by atoms with van der Waals surface area (Å²) in [7, 11) is 3.33. The predicted octanol–water partition coefficient (Wildman–Crippen LogP) is 2.27. The second-order valence-corrected chi connectivity index (χ2v) is 5.74. The monoisotopic (exact) mass is 262 g/mol. The van der Waals surface area contributed by atoms with Gasteiger partial charge in [-0.15, -0.1) is 0 Å². The minimum atomic E-state index is -0.244. The molecule has 1 aromatic rings. The zero-order valence-corrected chi connectivity index (χ0v) is 11.4. The Labute approximate surface area is 112 Å². The smallest absolute Gasteiger partial charge is 0.161 e. The standard InChI is InChI=1S/C15H18O4/c1-15-10-5-13(17-3)12(16-2)4-8(10)14-9(6-19-15)11(15)7-18-14/h4-5,9,11,14H,6-7H2,1-3H3/t9-,11-,14?,15?/m0/s1. The summed E-state index contributed by atoms with van der Waals surface area (Å²) < 4.78 is 23.0. The van der Waals surface area contributed by atoms with Gasteiger partial charge in [-0.05, 0) is 30.2 Å². The molecule has 4 heteroatoms. The number of benzene rings is 1. The number of fused-ring (bicyclic) bond motifs is 3. The first kappa shape index (κ1) is 11.6. The molecule has 0 spiro atoms. The molecule has 19 heavy (non-hydrogen) atoms. The molecule has 0 aromatic heterocycles. The zero-order chi connectivity index (χ0) is 13.2. The van der Waals surface area contributed by atoms with Crippen molar-refractivity contribution in [2.45, 2.75) is 18.6 Å². The van der Waals surface area contributed by atoms with E-state index in [1.807, 2.05) is 0 Å². The molecule has 0 N–H and O–H groups in total. The van der Waals surface area contributed by atoms with E-state index in [2.05, 4.69) is 19.1 Å². The number of hydrogen-bond acceptors (Lipinski definition) is 4. The van der Waals surface area contributed by atoms with E-state index in [9.17, 15) is 0 Å². The molecule has 4 nitrogen and oxygen atoms in total. The maximum Gasteiger partial charge on any atom is 0.161 e. The fraction of sp³-hybridized carbons (Fsp3) is 0.600. The summed E-state index contributed by atoms with van der Waals surface area (Å²) in [6.07, 6.45) is 0.149. The van der Waals surface area contributed by atoms with E-state index >= 15 is 0 Å². The number of hydrogen-bond donors (Lipinski definition) is 0. The van der Waals surface area contributed by atoms with Gasteiger partial charge in [0, 0.05) is 11.8 Å². The van der Waals surface area contributed by atoms with Gasteiger partial charge in [-0.3, -0.25) is 0 Å². The minimum absolute atomic E-state index is 0.149. The first-order chi connectivity index (χ1) is 9.19. The van der Waals surface area contributed by atoms with E-state index in [0.717, 1.165) is 24.7 Å². The van der Waals surface area contributed by atoms with Gasteiger partial charge < -0.3 is 18.9 Å². The molecule has 2 fully saturated rings. The maximum absolute atomic E-state index is 6.12. The Morgan fingerprint density at radius 1 is 1.16 bits per heavy atom. The van der Waals surface area contributed by atoms with Gasteiger partial charge >= 0.3 is 0 Å². The van der Waals surface area contributed by atoms with Gasteiger partial charge in [0.1, 0.15) is 0 Å². The van der Waals surface area contributed by atoms with Crippen molar-refractivity contribution in [3.63, 3.8) is 0 Å². The van der Waals surface area contributed by atoms with E-state index < -0.39 is 0 Å². The van der Waals surface area contributed by atoms with Gasteiger partial charge in [-0.2, -0.15) is 0 Å². The molecule has 4 bridgehead atoms. The minimum Gasteiger partial charge on any atom is -0.493 e. The second kappa shape index (κ2) is 3.64. The van der Waals surface area contributed by atoms with Crippen LogP contribution in [0.15, 0.2) is 12.1 Å². The Morgan fingerprint density at radius 2 is 1.89 bits per heavy atom. The van der Waals surface area contributed by atoms with Crippen LogP contribution in [0.4, 0.5) is 0 Å². The Hall–Kier alpha value is -1.26. The Morgan fingerprint density at radius 3 is 2.63 bits per heavy atom. The lowest BCUT2D eigenvalue weighted by atomic mass is 9.70. The highest BCUT2D eigenvalue weighted by molar-refractivity contribution is 5.53. The van der Waals surface area contributed by atoms with Crippen LogP contribution in [0.3, 0.4) is 0 Å². The summed E-state index contributed by atoms with van der Waals surface area (Å²) in [5, 5.41) is 0. The van der Waals surface area contributed by atoms with Crippen molar-refractivity contribution < 1.29 is 18.9 Å². The van der Waals surface area contributed by atoms with Crippen molar-refractivity contribution in [3.05, 3.63) is 23.3 Å². The van der Waals surface area contributed by atoms with E-state index in [4.69, 9.17) is 18.9 Å². The van der Waals surface area contributed by atoms with Gasteiger partial charge in [-0.25, -0.2) is 0 Å². The average Bonchev–Trinajstić information content (AvgIpc) is 2.93. The zero-order valence-electron chi connectivity index (χ0n) is 11.4. The van der Waals surface area contributed by atoms with E-state index in [1.54, 1.807) is 14.2 Å². The van der Waals surface area contributed by atoms with Gasteiger partial charge in [0.2, 0.25) is 0 Å². The third-order valence-corrected chi connectivity index (χ3v) is 5.04. The van der Waals surface area contributed by atoms with Crippen molar-refractivity contribution in [1.82, 2.24) is 0 Å². The molecule has 0 saturated carbocycles. The highest BCUT2D eigenvalue weighted by atomic mass is 16.5. The van der Waals surface area contributed by atoms with Gasteiger partial charge in [0.25, 0.3) is 0 Å². The van der Waals surface area contributed by atoms with Crippen LogP contribution in [0.2, 0.25) is 0 Å². The predicted molar refractivity (Wildman–Crippen MR) is 68.5 cm³/mol. The number of rotatable bonds is 2. The van der Waals surface area contributed by atoms with Crippen molar-refractivity contribution in [3.8, 4) is 11.5 Å². The summed E-state index contributed by atoms with van der Waals surface area (Å²) in [6.45, 7) is 3.74. The molecule has 4 rings (SSSR count). The molecule has 102 valence electrons. The number of ether oxygens (including phenoxy) is 4. The van der Waals surface area contributed by atoms with Crippen LogP contribution in [0, 0.1) is 11.8 Å². The highest BCUT2D eigenvalue weighted by Crippen LogP contribution is 2.60. The fourth-order valence-corrected chi connectivity index (χ4v) is 3.97. The Bertz CT molecular complexity index is 541. The van der Waals surface area contributed by atoms with E-state index in [0.29, 0.717) is 11.8 Å². The molecule has 2 aliphatic heterocycles. The highest BCUT2D eigenvalue weighted by Gasteiger charge is 2.60. The summed E-state index contributed by atoms with van der Waals surface area (Å²) in [4.78, 5) is 0. The van der Waals surface area contributed by atoms with Crippen molar-refractivity contribution in [1.29, 1.82) is 0 Å². The third-order valence-electron chi connectivity index (χ3n) is 5.04. The Kier molecular flexibility index (Phi) is 2.22. The van der Waals surface area contributed by atoms with Crippen LogP contribution in [0.5, 0.6) is 11.5 Å². The molecule has 2 heterocycles. The van der Waals surface area contributed by atoms with Gasteiger partial charge in [0.15, 0.2) is 11.5 Å². The molecule has 1 aromatic carbocycles. The summed E-state index contributed by atoms with van der Waals surface area (Å²) >= 11 is 0. The molecule has 4 atom stereocenters. The third kappa shape index (κ3) is 1.26.